The van der Waals surface area contributed by atoms with Gasteiger partial charge < -0.3 is 19.3 Å². The molecule has 1 N–H and O–H groups in total. The van der Waals surface area contributed by atoms with Gasteiger partial charge in [-0.25, -0.2) is 0 Å². The van der Waals surface area contributed by atoms with Gasteiger partial charge in [-0.1, -0.05) is 127 Å². The smallest absolute Gasteiger partial charge is 0.102 e. The Morgan fingerprint density at radius 3 is 1.93 bits per heavy atom. The molecule has 1 unspecified atom stereocenters. The first kappa shape index (κ1) is 33.7. The van der Waals surface area contributed by atoms with Gasteiger partial charge in [0.2, 0.25) is 0 Å². The van der Waals surface area contributed by atoms with Crippen molar-refractivity contribution in [2.75, 3.05) is 20.2 Å². The lowest BCUT2D eigenvalue weighted by atomic mass is 9.82. The van der Waals surface area contributed by atoms with Crippen molar-refractivity contribution in [1.29, 1.82) is 0 Å². The molecule has 2 aromatic carbocycles. The van der Waals surface area contributed by atoms with Crippen LogP contribution in [-0.2, 0) is 27.4 Å². The van der Waals surface area contributed by atoms with Crippen molar-refractivity contribution in [3.05, 3.63) is 71.8 Å². The SMILES string of the molecule is CCCCCCCN(C)[C@@H]1[C@@H](OCC(O)C(C)(C)CCCC)[C@@H](OCc2ccccc2)C[C@H]1OCc1ccccc1. The van der Waals surface area contributed by atoms with Crippen molar-refractivity contribution in [2.24, 2.45) is 5.41 Å². The first-order chi connectivity index (χ1) is 19.9. The minimum absolute atomic E-state index is 0.0214. The van der Waals surface area contributed by atoms with Crippen LogP contribution < -0.4 is 0 Å². The van der Waals surface area contributed by atoms with E-state index in [4.69, 9.17) is 14.2 Å². The highest BCUT2D eigenvalue weighted by Gasteiger charge is 2.48. The summed E-state index contributed by atoms with van der Waals surface area (Å²) in [4.78, 5) is 2.44. The first-order valence-electron chi connectivity index (χ1n) is 16.2. The predicted octanol–water partition coefficient (Wildman–Crippen LogP) is 7.79. The topological polar surface area (TPSA) is 51.2 Å². The minimum Gasteiger partial charge on any atom is -0.390 e. The standard InChI is InChI=1S/C36H57NO4/c1-6-8-10-11-18-24-37(5)34-31(39-26-29-19-14-12-15-20-29)25-32(40-27-30-21-16-13-17-22-30)35(34)41-28-33(38)36(3,4)23-9-7-2/h12-17,19-22,31-35,38H,6-11,18,23-28H2,1-5H3/t31-,32+,33?,34+,35+/m1/s1. The Bertz CT molecular complexity index is 937. The minimum atomic E-state index is -0.534. The number of rotatable bonds is 20. The van der Waals surface area contributed by atoms with Gasteiger partial charge in [0.1, 0.15) is 6.10 Å². The number of nitrogens with zero attached hydrogens (tertiary/aromatic N) is 1. The van der Waals surface area contributed by atoms with Crippen LogP contribution in [-0.4, -0.2) is 60.7 Å². The maximum atomic E-state index is 11.2. The van der Waals surface area contributed by atoms with Gasteiger partial charge in [0.25, 0.3) is 0 Å². The first-order valence-corrected chi connectivity index (χ1v) is 16.2. The van der Waals surface area contributed by atoms with E-state index in [9.17, 15) is 5.11 Å². The molecule has 1 aliphatic carbocycles. The molecule has 0 radical (unpaired) electrons. The van der Waals surface area contributed by atoms with Gasteiger partial charge >= 0.3 is 0 Å². The Morgan fingerprint density at radius 2 is 1.34 bits per heavy atom. The fourth-order valence-electron chi connectivity index (χ4n) is 5.90. The summed E-state index contributed by atoms with van der Waals surface area (Å²) in [7, 11) is 2.21. The molecule has 0 aromatic heterocycles. The van der Waals surface area contributed by atoms with Crippen LogP contribution in [0.3, 0.4) is 0 Å². The summed E-state index contributed by atoms with van der Waals surface area (Å²) in [5.74, 6) is 0. The maximum Gasteiger partial charge on any atom is 0.102 e. The van der Waals surface area contributed by atoms with E-state index in [1.807, 2.05) is 12.1 Å². The van der Waals surface area contributed by atoms with Crippen molar-refractivity contribution < 1.29 is 19.3 Å². The van der Waals surface area contributed by atoms with E-state index in [0.717, 1.165) is 44.2 Å². The fraction of sp³-hybridized carbons (Fsp3) is 0.667. The fourth-order valence-corrected chi connectivity index (χ4v) is 5.90. The molecule has 230 valence electrons. The van der Waals surface area contributed by atoms with Crippen LogP contribution in [0.5, 0.6) is 0 Å². The highest BCUT2D eigenvalue weighted by Crippen LogP contribution is 2.35. The van der Waals surface area contributed by atoms with Crippen molar-refractivity contribution >= 4 is 0 Å². The Morgan fingerprint density at radius 1 is 0.780 bits per heavy atom. The number of aliphatic hydroxyl groups excluding tert-OH is 1. The summed E-state index contributed by atoms with van der Waals surface area (Å²) >= 11 is 0. The van der Waals surface area contributed by atoms with Crippen LogP contribution in [0.1, 0.15) is 96.6 Å². The molecule has 0 bridgehead atoms. The highest BCUT2D eigenvalue weighted by molar-refractivity contribution is 5.15. The van der Waals surface area contributed by atoms with Crippen LogP contribution in [0, 0.1) is 5.41 Å². The zero-order valence-electron chi connectivity index (χ0n) is 26.5. The molecule has 1 saturated carbocycles. The molecule has 0 amide bonds. The van der Waals surface area contributed by atoms with Crippen LogP contribution in [0.15, 0.2) is 60.7 Å². The van der Waals surface area contributed by atoms with E-state index in [-0.39, 0.29) is 29.8 Å². The molecule has 0 spiro atoms. The summed E-state index contributed by atoms with van der Waals surface area (Å²) in [5, 5.41) is 11.2. The molecule has 1 aliphatic rings. The van der Waals surface area contributed by atoms with Gasteiger partial charge in [-0.3, -0.25) is 4.90 Å². The molecule has 5 heteroatoms. The van der Waals surface area contributed by atoms with E-state index < -0.39 is 6.10 Å². The number of benzene rings is 2. The normalized spacial score (nSPS) is 21.9. The molecular weight excluding hydrogens is 510 g/mol. The largest absolute Gasteiger partial charge is 0.390 e. The van der Waals surface area contributed by atoms with Crippen molar-refractivity contribution in [3.63, 3.8) is 0 Å². The number of aliphatic hydroxyl groups is 1. The van der Waals surface area contributed by atoms with Crippen LogP contribution in [0.25, 0.3) is 0 Å². The average Bonchev–Trinajstić information content (AvgIpc) is 3.34. The lowest BCUT2D eigenvalue weighted by Crippen LogP contribution is -2.49. The van der Waals surface area contributed by atoms with Gasteiger partial charge in [0.15, 0.2) is 0 Å². The van der Waals surface area contributed by atoms with E-state index in [0.29, 0.717) is 19.8 Å². The van der Waals surface area contributed by atoms with E-state index >= 15 is 0 Å². The molecule has 0 aliphatic heterocycles. The van der Waals surface area contributed by atoms with E-state index in [1.165, 1.54) is 31.2 Å². The number of hydrogen-bond acceptors (Lipinski definition) is 5. The van der Waals surface area contributed by atoms with Crippen LogP contribution >= 0.6 is 0 Å². The lowest BCUT2D eigenvalue weighted by molar-refractivity contribution is -0.121. The maximum absolute atomic E-state index is 11.2. The molecule has 2 aromatic rings. The number of hydrogen-bond donors (Lipinski definition) is 1. The van der Waals surface area contributed by atoms with Gasteiger partial charge in [-0.2, -0.15) is 0 Å². The van der Waals surface area contributed by atoms with E-state index in [2.05, 4.69) is 88.2 Å². The Kier molecular flexibility index (Phi) is 14.8. The highest BCUT2D eigenvalue weighted by atomic mass is 16.6. The molecule has 5 nitrogen and oxygen atoms in total. The average molecular weight is 568 g/mol. The Labute approximate surface area is 250 Å². The van der Waals surface area contributed by atoms with Crippen molar-refractivity contribution in [2.45, 2.75) is 129 Å². The third kappa shape index (κ3) is 11.1. The number of unbranched alkanes of at least 4 members (excludes halogenated alkanes) is 5. The van der Waals surface area contributed by atoms with Crippen molar-refractivity contribution in [3.8, 4) is 0 Å². The second-order valence-electron chi connectivity index (χ2n) is 12.7. The monoisotopic (exact) mass is 567 g/mol. The van der Waals surface area contributed by atoms with Crippen LogP contribution in [0.2, 0.25) is 0 Å². The zero-order valence-corrected chi connectivity index (χ0v) is 26.5. The molecule has 41 heavy (non-hydrogen) atoms. The van der Waals surface area contributed by atoms with Gasteiger partial charge in [-0.15, -0.1) is 0 Å². The van der Waals surface area contributed by atoms with Crippen molar-refractivity contribution in [1.82, 2.24) is 4.90 Å². The van der Waals surface area contributed by atoms with Gasteiger partial charge in [0, 0.05) is 6.42 Å². The molecular formula is C36H57NO4. The zero-order chi connectivity index (χ0) is 29.5. The molecule has 0 saturated heterocycles. The molecule has 0 heterocycles. The number of likely N-dealkylation sites (N-methyl/N-ethyl adjacent to an activating group) is 1. The van der Waals surface area contributed by atoms with Crippen LogP contribution in [0.4, 0.5) is 0 Å². The van der Waals surface area contributed by atoms with E-state index in [1.54, 1.807) is 0 Å². The Balaban J connectivity index is 1.77. The predicted molar refractivity (Wildman–Crippen MR) is 169 cm³/mol. The third-order valence-corrected chi connectivity index (χ3v) is 8.81. The summed E-state index contributed by atoms with van der Waals surface area (Å²) in [6.45, 7) is 11.2. The second-order valence-corrected chi connectivity index (χ2v) is 12.7. The summed E-state index contributed by atoms with van der Waals surface area (Å²) in [6.07, 6.45) is 9.36. The summed E-state index contributed by atoms with van der Waals surface area (Å²) < 4.78 is 19.9. The number of ether oxygens (including phenoxy) is 3. The quantitative estimate of drug-likeness (QED) is 0.166. The van der Waals surface area contributed by atoms with Gasteiger partial charge in [0.05, 0.1) is 44.2 Å². The lowest BCUT2D eigenvalue weighted by Gasteiger charge is -2.36. The molecule has 5 atom stereocenters. The van der Waals surface area contributed by atoms with Gasteiger partial charge in [-0.05, 0) is 43.0 Å². The third-order valence-electron chi connectivity index (χ3n) is 8.81. The molecule has 3 rings (SSSR count). The Hall–Kier alpha value is -1.76. The summed E-state index contributed by atoms with van der Waals surface area (Å²) in [6, 6.07) is 20.8. The second kappa shape index (κ2) is 18.0. The summed E-state index contributed by atoms with van der Waals surface area (Å²) in [5.41, 5.74) is 2.13. The molecule has 1 fully saturated rings.